The second-order valence-electron chi connectivity index (χ2n) is 6.77. The van der Waals surface area contributed by atoms with Gasteiger partial charge in [0, 0.05) is 26.6 Å². The standard InChI is InChI=1S/C19H27FN6O2/c1-13(28-16-7-4-14(20)5-8-16)10-22-19(21-2)23-15-6-9-18-24-17(12-27-3)25-26(18)11-15/h4-5,7-8,13,15H,6,9-12H2,1-3H3,(H2,21,22,23). The molecule has 9 heteroatoms. The molecule has 0 bridgehead atoms. The Kier molecular flexibility index (Phi) is 6.80. The van der Waals surface area contributed by atoms with E-state index in [0.717, 1.165) is 25.2 Å². The molecule has 1 aliphatic heterocycles. The summed E-state index contributed by atoms with van der Waals surface area (Å²) in [5, 5.41) is 11.2. The predicted molar refractivity (Wildman–Crippen MR) is 104 cm³/mol. The maximum atomic E-state index is 13.0. The van der Waals surface area contributed by atoms with Gasteiger partial charge in [0.1, 0.15) is 30.1 Å². The van der Waals surface area contributed by atoms with Crippen molar-refractivity contribution in [2.24, 2.45) is 4.99 Å². The first kappa shape index (κ1) is 20.1. The lowest BCUT2D eigenvalue weighted by atomic mass is 10.1. The van der Waals surface area contributed by atoms with Crippen LogP contribution in [0.4, 0.5) is 4.39 Å². The molecule has 3 rings (SSSR count). The summed E-state index contributed by atoms with van der Waals surface area (Å²) in [7, 11) is 3.38. The lowest BCUT2D eigenvalue weighted by molar-refractivity contribution is 0.177. The first-order valence-corrected chi connectivity index (χ1v) is 9.38. The van der Waals surface area contributed by atoms with Crippen molar-refractivity contribution in [3.05, 3.63) is 41.7 Å². The smallest absolute Gasteiger partial charge is 0.191 e. The molecule has 2 aromatic rings. The zero-order valence-electron chi connectivity index (χ0n) is 16.5. The van der Waals surface area contributed by atoms with Crippen LogP contribution in [0, 0.1) is 5.82 Å². The molecule has 2 N–H and O–H groups in total. The van der Waals surface area contributed by atoms with E-state index in [9.17, 15) is 4.39 Å². The second-order valence-corrected chi connectivity index (χ2v) is 6.77. The zero-order chi connectivity index (χ0) is 19.9. The first-order chi connectivity index (χ1) is 13.6. The number of guanidine groups is 1. The van der Waals surface area contributed by atoms with Crippen molar-refractivity contribution in [2.75, 3.05) is 20.7 Å². The Labute approximate surface area is 164 Å². The molecule has 0 saturated carbocycles. The van der Waals surface area contributed by atoms with Gasteiger partial charge in [0.15, 0.2) is 11.8 Å². The van der Waals surface area contributed by atoms with Crippen LogP contribution < -0.4 is 15.4 Å². The van der Waals surface area contributed by atoms with Crippen molar-refractivity contribution in [2.45, 2.75) is 45.1 Å². The van der Waals surface area contributed by atoms with Gasteiger partial charge in [0.05, 0.1) is 13.1 Å². The Bertz CT molecular complexity index is 792. The average molecular weight is 390 g/mol. The highest BCUT2D eigenvalue weighted by molar-refractivity contribution is 5.80. The zero-order valence-corrected chi connectivity index (χ0v) is 16.5. The number of methoxy groups -OCH3 is 1. The SMILES string of the molecule is CN=C(NCC(C)Oc1ccc(F)cc1)NC1CCc2nc(COC)nn2C1. The Morgan fingerprint density at radius 3 is 2.89 bits per heavy atom. The summed E-state index contributed by atoms with van der Waals surface area (Å²) >= 11 is 0. The van der Waals surface area contributed by atoms with E-state index in [1.807, 2.05) is 11.6 Å². The van der Waals surface area contributed by atoms with Gasteiger partial charge in [-0.15, -0.1) is 0 Å². The summed E-state index contributed by atoms with van der Waals surface area (Å²) in [5.41, 5.74) is 0. The molecule has 8 nitrogen and oxygen atoms in total. The van der Waals surface area contributed by atoms with E-state index in [2.05, 4.69) is 25.7 Å². The van der Waals surface area contributed by atoms with Crippen LogP contribution in [-0.4, -0.2) is 53.6 Å². The number of nitrogens with zero attached hydrogens (tertiary/aromatic N) is 4. The number of aliphatic imine (C=N–C) groups is 1. The Morgan fingerprint density at radius 2 is 2.18 bits per heavy atom. The van der Waals surface area contributed by atoms with E-state index in [1.165, 1.54) is 12.1 Å². The maximum Gasteiger partial charge on any atom is 0.191 e. The highest BCUT2D eigenvalue weighted by atomic mass is 19.1. The molecule has 0 saturated heterocycles. The first-order valence-electron chi connectivity index (χ1n) is 9.38. The minimum Gasteiger partial charge on any atom is -0.489 e. The molecule has 28 heavy (non-hydrogen) atoms. The number of rotatable bonds is 7. The van der Waals surface area contributed by atoms with E-state index in [0.29, 0.717) is 30.7 Å². The summed E-state index contributed by atoms with van der Waals surface area (Å²) in [6.07, 6.45) is 1.71. The van der Waals surface area contributed by atoms with Gasteiger partial charge < -0.3 is 20.1 Å². The van der Waals surface area contributed by atoms with Crippen LogP contribution in [0.1, 0.15) is 25.0 Å². The van der Waals surface area contributed by atoms with Gasteiger partial charge in [-0.05, 0) is 37.6 Å². The van der Waals surface area contributed by atoms with Crippen molar-refractivity contribution in [3.8, 4) is 5.75 Å². The van der Waals surface area contributed by atoms with Crippen molar-refractivity contribution >= 4 is 5.96 Å². The van der Waals surface area contributed by atoms with Gasteiger partial charge in [0.2, 0.25) is 0 Å². The summed E-state index contributed by atoms with van der Waals surface area (Å²) in [6, 6.07) is 6.22. The third kappa shape index (κ3) is 5.41. The van der Waals surface area contributed by atoms with Crippen LogP contribution in [0.25, 0.3) is 0 Å². The minimum absolute atomic E-state index is 0.103. The monoisotopic (exact) mass is 390 g/mol. The molecule has 1 aromatic heterocycles. The maximum absolute atomic E-state index is 13.0. The van der Waals surface area contributed by atoms with Crippen molar-refractivity contribution in [1.82, 2.24) is 25.4 Å². The third-order valence-corrected chi connectivity index (χ3v) is 4.45. The van der Waals surface area contributed by atoms with Gasteiger partial charge >= 0.3 is 0 Å². The molecule has 1 aromatic carbocycles. The molecular weight excluding hydrogens is 363 g/mol. The molecule has 0 aliphatic carbocycles. The van der Waals surface area contributed by atoms with E-state index >= 15 is 0 Å². The van der Waals surface area contributed by atoms with E-state index < -0.39 is 0 Å². The number of ether oxygens (including phenoxy) is 2. The molecule has 0 spiro atoms. The molecule has 2 heterocycles. The van der Waals surface area contributed by atoms with Crippen LogP contribution in [0.3, 0.4) is 0 Å². The fourth-order valence-corrected chi connectivity index (χ4v) is 3.08. The Morgan fingerprint density at radius 1 is 1.39 bits per heavy atom. The average Bonchev–Trinajstić information content (AvgIpc) is 3.09. The molecule has 0 radical (unpaired) electrons. The van der Waals surface area contributed by atoms with Crippen molar-refractivity contribution in [3.63, 3.8) is 0 Å². The number of benzene rings is 1. The molecule has 152 valence electrons. The van der Waals surface area contributed by atoms with E-state index in [4.69, 9.17) is 9.47 Å². The normalized spacial score (nSPS) is 17.7. The van der Waals surface area contributed by atoms with E-state index in [1.54, 1.807) is 26.3 Å². The highest BCUT2D eigenvalue weighted by Crippen LogP contribution is 2.14. The van der Waals surface area contributed by atoms with Crippen LogP contribution in [-0.2, 0) is 24.3 Å². The van der Waals surface area contributed by atoms with Crippen LogP contribution in [0.2, 0.25) is 0 Å². The number of aromatic nitrogens is 3. The number of hydrogen-bond donors (Lipinski definition) is 2. The minimum atomic E-state index is -0.278. The molecule has 0 fully saturated rings. The number of hydrogen-bond acceptors (Lipinski definition) is 5. The molecule has 1 aliphatic rings. The second kappa shape index (κ2) is 9.50. The number of fused-ring (bicyclic) bond motifs is 1. The van der Waals surface area contributed by atoms with Gasteiger partial charge in [-0.2, -0.15) is 5.10 Å². The fourth-order valence-electron chi connectivity index (χ4n) is 3.08. The molecule has 2 atom stereocenters. The fraction of sp³-hybridized carbons (Fsp3) is 0.526. The molecule has 0 amide bonds. The highest BCUT2D eigenvalue weighted by Gasteiger charge is 2.22. The van der Waals surface area contributed by atoms with Gasteiger partial charge in [-0.3, -0.25) is 4.99 Å². The number of halogens is 1. The van der Waals surface area contributed by atoms with Gasteiger partial charge in [-0.1, -0.05) is 0 Å². The third-order valence-electron chi connectivity index (χ3n) is 4.45. The summed E-state index contributed by atoms with van der Waals surface area (Å²) < 4.78 is 25.8. The quantitative estimate of drug-likeness (QED) is 0.551. The van der Waals surface area contributed by atoms with Crippen molar-refractivity contribution in [1.29, 1.82) is 0 Å². The van der Waals surface area contributed by atoms with E-state index in [-0.39, 0.29) is 18.0 Å². The largest absolute Gasteiger partial charge is 0.489 e. The predicted octanol–water partition coefficient (Wildman–Crippen LogP) is 1.51. The van der Waals surface area contributed by atoms with Crippen LogP contribution >= 0.6 is 0 Å². The molecule has 2 unspecified atom stereocenters. The summed E-state index contributed by atoms with van der Waals surface area (Å²) in [5.74, 6) is 2.78. The van der Waals surface area contributed by atoms with Crippen molar-refractivity contribution < 1.29 is 13.9 Å². The lowest BCUT2D eigenvalue weighted by Crippen LogP contribution is -2.48. The lowest BCUT2D eigenvalue weighted by Gasteiger charge is -2.26. The number of aryl methyl sites for hydroxylation is 1. The summed E-state index contributed by atoms with van der Waals surface area (Å²) in [6.45, 7) is 3.67. The van der Waals surface area contributed by atoms with Crippen LogP contribution in [0.15, 0.2) is 29.3 Å². The Balaban J connectivity index is 1.47. The van der Waals surface area contributed by atoms with Gasteiger partial charge in [0.25, 0.3) is 0 Å². The molecular formula is C19H27FN6O2. The summed E-state index contributed by atoms with van der Waals surface area (Å²) in [4.78, 5) is 8.78. The van der Waals surface area contributed by atoms with Gasteiger partial charge in [-0.25, -0.2) is 14.1 Å². The Hall–Kier alpha value is -2.68. The van der Waals surface area contributed by atoms with Crippen LogP contribution in [0.5, 0.6) is 5.75 Å². The topological polar surface area (TPSA) is 85.6 Å². The number of nitrogens with one attached hydrogen (secondary N) is 2.